The van der Waals surface area contributed by atoms with Gasteiger partial charge < -0.3 is 14.8 Å². The van der Waals surface area contributed by atoms with Crippen LogP contribution in [0.25, 0.3) is 0 Å². The minimum atomic E-state index is -1.09. The zero-order valence-electron chi connectivity index (χ0n) is 14.1. The lowest BCUT2D eigenvalue weighted by Crippen LogP contribution is -2.52. The molecule has 0 heterocycles. The Hall–Kier alpha value is -2.64. The summed E-state index contributed by atoms with van der Waals surface area (Å²) in [5.41, 5.74) is 0.799. The predicted molar refractivity (Wildman–Crippen MR) is 88.3 cm³/mol. The molecule has 1 fully saturated rings. The topological polar surface area (TPSA) is 108 Å². The fourth-order valence-electron chi connectivity index (χ4n) is 3.15. The highest BCUT2D eigenvalue weighted by atomic mass is 16.6. The summed E-state index contributed by atoms with van der Waals surface area (Å²) in [6.07, 6.45) is 1.56. The van der Waals surface area contributed by atoms with Crippen LogP contribution in [0.5, 0.6) is 0 Å². The van der Waals surface area contributed by atoms with Gasteiger partial charge in [-0.3, -0.25) is 10.1 Å². The predicted octanol–water partition coefficient (Wildman–Crippen LogP) is 2.29. The van der Waals surface area contributed by atoms with E-state index in [0.717, 1.165) is 18.4 Å². The van der Waals surface area contributed by atoms with E-state index in [1.807, 2.05) is 18.2 Å². The van der Waals surface area contributed by atoms with E-state index in [0.29, 0.717) is 12.8 Å². The van der Waals surface area contributed by atoms with Crippen molar-refractivity contribution < 1.29 is 24.0 Å². The van der Waals surface area contributed by atoms with Gasteiger partial charge in [0.1, 0.15) is 12.6 Å². The molecule has 136 valence electrons. The van der Waals surface area contributed by atoms with Crippen molar-refractivity contribution in [3.05, 3.63) is 46.0 Å². The third-order valence-electron chi connectivity index (χ3n) is 4.42. The van der Waals surface area contributed by atoms with Crippen LogP contribution in [0.3, 0.4) is 0 Å². The molecule has 0 aromatic heterocycles. The molecular weight excluding hydrogens is 328 g/mol. The van der Waals surface area contributed by atoms with Gasteiger partial charge in [-0.1, -0.05) is 36.8 Å². The molecule has 25 heavy (non-hydrogen) atoms. The number of methoxy groups -OCH3 is 1. The molecule has 8 nitrogen and oxygen atoms in total. The normalized spacial score (nSPS) is 21.0. The summed E-state index contributed by atoms with van der Waals surface area (Å²) < 4.78 is 9.84. The van der Waals surface area contributed by atoms with E-state index in [2.05, 4.69) is 5.32 Å². The van der Waals surface area contributed by atoms with Gasteiger partial charge in [0.05, 0.1) is 13.0 Å². The molecule has 0 saturated heterocycles. The molecule has 1 aromatic carbocycles. The second-order valence-electron chi connectivity index (χ2n) is 6.01. The van der Waals surface area contributed by atoms with E-state index < -0.39 is 30.1 Å². The number of hydrogen-bond donors (Lipinski definition) is 1. The number of carbonyl (C=O) groups is 2. The van der Waals surface area contributed by atoms with E-state index in [-0.39, 0.29) is 11.5 Å². The molecule has 1 aliphatic rings. The lowest BCUT2D eigenvalue weighted by Gasteiger charge is -2.30. The first-order valence-corrected chi connectivity index (χ1v) is 8.21. The Balaban J connectivity index is 2.02. The third-order valence-corrected chi connectivity index (χ3v) is 4.42. The highest BCUT2D eigenvalue weighted by Gasteiger charge is 2.43. The first-order valence-electron chi connectivity index (χ1n) is 8.21. The molecule has 0 bridgehead atoms. The molecule has 1 amide bonds. The average molecular weight is 350 g/mol. The van der Waals surface area contributed by atoms with Gasteiger partial charge in [-0.15, -0.1) is 0 Å². The quantitative estimate of drug-likeness (QED) is 0.479. The van der Waals surface area contributed by atoms with Crippen molar-refractivity contribution in [1.29, 1.82) is 0 Å². The summed E-state index contributed by atoms with van der Waals surface area (Å²) in [7, 11) is 1.19. The van der Waals surface area contributed by atoms with E-state index >= 15 is 0 Å². The number of esters is 1. The lowest BCUT2D eigenvalue weighted by molar-refractivity contribution is -0.536. The Morgan fingerprint density at radius 2 is 1.96 bits per heavy atom. The van der Waals surface area contributed by atoms with E-state index in [9.17, 15) is 19.7 Å². The SMILES string of the molecule is COC(=O)[C@H](NC(=O)OCc1ccccc1)[C@H]1CCCC[C@@H]1[N+](=O)[O-]. The second-order valence-corrected chi connectivity index (χ2v) is 6.01. The maximum Gasteiger partial charge on any atom is 0.408 e. The van der Waals surface area contributed by atoms with Crippen molar-refractivity contribution in [2.24, 2.45) is 5.92 Å². The molecule has 8 heteroatoms. The summed E-state index contributed by atoms with van der Waals surface area (Å²) in [5, 5.41) is 13.7. The number of rotatable bonds is 6. The number of alkyl carbamates (subject to hydrolysis) is 1. The van der Waals surface area contributed by atoms with Crippen LogP contribution in [-0.4, -0.2) is 36.2 Å². The number of nitro groups is 1. The number of hydrogen-bond acceptors (Lipinski definition) is 6. The van der Waals surface area contributed by atoms with Gasteiger partial charge in [0.25, 0.3) is 0 Å². The molecule has 0 spiro atoms. The van der Waals surface area contributed by atoms with Crippen molar-refractivity contribution >= 4 is 12.1 Å². The van der Waals surface area contributed by atoms with Gasteiger partial charge in [-0.25, -0.2) is 9.59 Å². The van der Waals surface area contributed by atoms with Gasteiger partial charge in [0.15, 0.2) is 0 Å². The Morgan fingerprint density at radius 1 is 1.28 bits per heavy atom. The molecule has 3 atom stereocenters. The molecule has 0 unspecified atom stereocenters. The Bertz CT molecular complexity index is 606. The number of benzene rings is 1. The molecule has 1 aromatic rings. The largest absolute Gasteiger partial charge is 0.467 e. The Morgan fingerprint density at radius 3 is 2.60 bits per heavy atom. The maximum atomic E-state index is 12.1. The third kappa shape index (κ3) is 5.17. The monoisotopic (exact) mass is 350 g/mol. The number of amides is 1. The molecule has 1 saturated carbocycles. The molecule has 0 aliphatic heterocycles. The second kappa shape index (κ2) is 9.00. The van der Waals surface area contributed by atoms with Crippen LogP contribution in [0.2, 0.25) is 0 Å². The summed E-state index contributed by atoms with van der Waals surface area (Å²) in [4.78, 5) is 35.0. The van der Waals surface area contributed by atoms with E-state index in [4.69, 9.17) is 9.47 Å². The van der Waals surface area contributed by atoms with Crippen LogP contribution in [0, 0.1) is 16.0 Å². The molecular formula is C17H22N2O6. The fraction of sp³-hybridized carbons (Fsp3) is 0.529. The zero-order chi connectivity index (χ0) is 18.2. The molecule has 1 aliphatic carbocycles. The van der Waals surface area contributed by atoms with Crippen LogP contribution in [0.15, 0.2) is 30.3 Å². The highest BCUT2D eigenvalue weighted by Crippen LogP contribution is 2.29. The minimum Gasteiger partial charge on any atom is -0.467 e. The minimum absolute atomic E-state index is 0.0455. The van der Waals surface area contributed by atoms with Crippen LogP contribution in [-0.2, 0) is 20.9 Å². The highest BCUT2D eigenvalue weighted by molar-refractivity contribution is 5.81. The number of carbonyl (C=O) groups excluding carboxylic acids is 2. The van der Waals surface area contributed by atoms with Gasteiger partial charge in [-0.05, 0) is 18.4 Å². The fourth-order valence-corrected chi connectivity index (χ4v) is 3.15. The van der Waals surface area contributed by atoms with Gasteiger partial charge in [0, 0.05) is 11.3 Å². The van der Waals surface area contributed by atoms with Crippen molar-refractivity contribution in [1.82, 2.24) is 5.32 Å². The summed E-state index contributed by atoms with van der Waals surface area (Å²) in [5.74, 6) is -1.31. The summed E-state index contributed by atoms with van der Waals surface area (Å²) >= 11 is 0. The van der Waals surface area contributed by atoms with E-state index in [1.54, 1.807) is 12.1 Å². The number of ether oxygens (including phenoxy) is 2. The first-order chi connectivity index (χ1) is 12.0. The van der Waals surface area contributed by atoms with Crippen molar-refractivity contribution in [3.63, 3.8) is 0 Å². The zero-order valence-corrected chi connectivity index (χ0v) is 14.1. The van der Waals surface area contributed by atoms with Crippen molar-refractivity contribution in [2.45, 2.75) is 44.4 Å². The average Bonchev–Trinajstić information content (AvgIpc) is 2.64. The Labute approximate surface area is 145 Å². The number of nitrogens with one attached hydrogen (secondary N) is 1. The molecule has 0 radical (unpaired) electrons. The van der Waals surface area contributed by atoms with Crippen molar-refractivity contribution in [2.75, 3.05) is 7.11 Å². The lowest BCUT2D eigenvalue weighted by atomic mass is 9.80. The van der Waals surface area contributed by atoms with Crippen LogP contribution in [0.4, 0.5) is 4.79 Å². The van der Waals surface area contributed by atoms with Crippen LogP contribution in [0.1, 0.15) is 31.2 Å². The molecule has 2 rings (SSSR count). The van der Waals surface area contributed by atoms with Gasteiger partial charge in [0.2, 0.25) is 6.04 Å². The first kappa shape index (κ1) is 18.7. The standard InChI is InChI=1S/C17H22N2O6/c1-24-16(20)15(13-9-5-6-10-14(13)19(22)23)18-17(21)25-11-12-7-3-2-4-8-12/h2-4,7-8,13-15H,5-6,9-11H2,1H3,(H,18,21)/t13-,14-,15+/m0/s1. The van der Waals surface area contributed by atoms with Crippen LogP contribution < -0.4 is 5.32 Å². The van der Waals surface area contributed by atoms with E-state index in [1.165, 1.54) is 7.11 Å². The van der Waals surface area contributed by atoms with Gasteiger partial charge >= 0.3 is 12.1 Å². The summed E-state index contributed by atoms with van der Waals surface area (Å²) in [6, 6.07) is 7.10. The Kier molecular flexibility index (Phi) is 6.73. The maximum absolute atomic E-state index is 12.1. The van der Waals surface area contributed by atoms with Crippen LogP contribution >= 0.6 is 0 Å². The smallest absolute Gasteiger partial charge is 0.408 e. The number of nitrogens with zero attached hydrogens (tertiary/aromatic N) is 1. The molecule has 1 N–H and O–H groups in total. The van der Waals surface area contributed by atoms with Gasteiger partial charge in [-0.2, -0.15) is 0 Å². The summed E-state index contributed by atoms with van der Waals surface area (Å²) in [6.45, 7) is 0.0455. The van der Waals surface area contributed by atoms with Crippen molar-refractivity contribution in [3.8, 4) is 0 Å².